The van der Waals surface area contributed by atoms with E-state index in [0.717, 1.165) is 8.26 Å². The highest BCUT2D eigenvalue weighted by atomic mass is 79.9. The Labute approximate surface area is 135 Å². The van der Waals surface area contributed by atoms with Gasteiger partial charge < -0.3 is 10.1 Å². The lowest BCUT2D eigenvalue weighted by Gasteiger charge is -2.18. The molecule has 1 aromatic heterocycles. The minimum atomic E-state index is -0.219. The van der Waals surface area contributed by atoms with Crippen LogP contribution in [0.25, 0.3) is 0 Å². The van der Waals surface area contributed by atoms with Crippen molar-refractivity contribution in [3.05, 3.63) is 43.0 Å². The highest BCUT2D eigenvalue weighted by molar-refractivity contribution is 9.13. The van der Waals surface area contributed by atoms with Gasteiger partial charge in [0.2, 0.25) is 5.78 Å². The first-order valence-electron chi connectivity index (χ1n) is 5.61. The molecule has 0 fully saturated rings. The highest BCUT2D eigenvalue weighted by Gasteiger charge is 2.19. The van der Waals surface area contributed by atoms with Crippen LogP contribution in [0.1, 0.15) is 15.2 Å². The van der Waals surface area contributed by atoms with Gasteiger partial charge in [0.05, 0.1) is 14.4 Å². The Kier molecular flexibility index (Phi) is 3.66. The quantitative estimate of drug-likeness (QED) is 0.756. The lowest BCUT2D eigenvalue weighted by Crippen LogP contribution is -2.25. The van der Waals surface area contributed by atoms with Crippen molar-refractivity contribution in [2.75, 3.05) is 11.9 Å². The number of thiophene rings is 1. The summed E-state index contributed by atoms with van der Waals surface area (Å²) in [6.07, 6.45) is 0. The van der Waals surface area contributed by atoms with Crippen molar-refractivity contribution in [3.8, 4) is 5.75 Å². The van der Waals surface area contributed by atoms with Gasteiger partial charge in [-0.15, -0.1) is 11.3 Å². The fourth-order valence-electron chi connectivity index (χ4n) is 1.83. The van der Waals surface area contributed by atoms with Crippen molar-refractivity contribution in [2.24, 2.45) is 0 Å². The molecule has 0 saturated carbocycles. The Morgan fingerprint density at radius 1 is 1.30 bits per heavy atom. The molecule has 1 aliphatic rings. The largest absolute Gasteiger partial charge is 0.482 e. The molecule has 0 aliphatic carbocycles. The summed E-state index contributed by atoms with van der Waals surface area (Å²) >= 11 is 8.08. The molecule has 1 N–H and O–H groups in total. The summed E-state index contributed by atoms with van der Waals surface area (Å²) in [4.78, 5) is 24.3. The number of ketones is 1. The lowest BCUT2D eigenvalue weighted by molar-refractivity contribution is -0.118. The predicted octanol–water partition coefficient (Wildman–Crippen LogP) is 3.84. The molecule has 1 aromatic carbocycles. The number of amides is 1. The molecule has 1 amide bonds. The standard InChI is InChI=1S/C13H7Br2NO3S/c14-7-4-10(20-13(7)15)12(18)6-1-2-9-8(3-6)16-11(17)5-19-9/h1-4H,5H2,(H,16,17). The second kappa shape index (κ2) is 5.31. The number of nitrogens with one attached hydrogen (secondary N) is 1. The van der Waals surface area contributed by atoms with E-state index in [1.165, 1.54) is 11.3 Å². The highest BCUT2D eigenvalue weighted by Crippen LogP contribution is 2.35. The van der Waals surface area contributed by atoms with Gasteiger partial charge in [0.1, 0.15) is 5.75 Å². The Balaban J connectivity index is 1.96. The van der Waals surface area contributed by atoms with Gasteiger partial charge >= 0.3 is 0 Å². The summed E-state index contributed by atoms with van der Waals surface area (Å²) in [5.41, 5.74) is 1.04. The number of halogens is 2. The third kappa shape index (κ3) is 2.53. The van der Waals surface area contributed by atoms with E-state index >= 15 is 0 Å². The van der Waals surface area contributed by atoms with Crippen molar-refractivity contribution in [1.82, 2.24) is 0 Å². The zero-order valence-electron chi connectivity index (χ0n) is 9.91. The van der Waals surface area contributed by atoms with Gasteiger partial charge in [0, 0.05) is 10.0 Å². The average molecular weight is 417 g/mol. The van der Waals surface area contributed by atoms with Gasteiger partial charge in [-0.05, 0) is 56.1 Å². The van der Waals surface area contributed by atoms with Gasteiger partial charge in [-0.2, -0.15) is 0 Å². The van der Waals surface area contributed by atoms with E-state index in [1.807, 2.05) is 0 Å². The maximum atomic E-state index is 12.4. The molecular formula is C13H7Br2NO3S. The van der Waals surface area contributed by atoms with Crippen LogP contribution in [0.2, 0.25) is 0 Å². The molecule has 0 spiro atoms. The van der Waals surface area contributed by atoms with Gasteiger partial charge in [-0.3, -0.25) is 9.59 Å². The Bertz CT molecular complexity index is 707. The molecular weight excluding hydrogens is 410 g/mol. The second-order valence-electron chi connectivity index (χ2n) is 4.11. The second-order valence-corrected chi connectivity index (χ2v) is 7.33. The van der Waals surface area contributed by atoms with Crippen molar-refractivity contribution in [1.29, 1.82) is 0 Å². The fourth-order valence-corrected chi connectivity index (χ4v) is 3.82. The lowest BCUT2D eigenvalue weighted by atomic mass is 10.1. The molecule has 7 heteroatoms. The van der Waals surface area contributed by atoms with Crippen LogP contribution in [-0.2, 0) is 4.79 Å². The van der Waals surface area contributed by atoms with Gasteiger partial charge in [-0.25, -0.2) is 0 Å². The minimum Gasteiger partial charge on any atom is -0.482 e. The molecule has 1 aliphatic heterocycles. The van der Waals surface area contributed by atoms with Crippen molar-refractivity contribution < 1.29 is 14.3 Å². The molecule has 0 bridgehead atoms. The van der Waals surface area contributed by atoms with E-state index in [1.54, 1.807) is 24.3 Å². The fraction of sp³-hybridized carbons (Fsp3) is 0.0769. The molecule has 3 rings (SSSR count). The van der Waals surface area contributed by atoms with E-state index in [0.29, 0.717) is 21.9 Å². The number of ether oxygens (including phenoxy) is 1. The molecule has 0 saturated heterocycles. The third-order valence-electron chi connectivity index (χ3n) is 2.74. The smallest absolute Gasteiger partial charge is 0.262 e. The average Bonchev–Trinajstić information content (AvgIpc) is 2.77. The van der Waals surface area contributed by atoms with E-state index in [9.17, 15) is 9.59 Å². The number of benzene rings is 1. The third-order valence-corrected chi connectivity index (χ3v) is 6.00. The number of carbonyl (C=O) groups is 2. The summed E-state index contributed by atoms with van der Waals surface area (Å²) in [5, 5.41) is 2.69. The zero-order chi connectivity index (χ0) is 14.3. The maximum absolute atomic E-state index is 12.4. The molecule has 102 valence electrons. The van der Waals surface area contributed by atoms with Gasteiger partial charge in [0.15, 0.2) is 6.61 Å². The SMILES string of the molecule is O=C1COc2ccc(C(=O)c3cc(Br)c(Br)s3)cc2N1. The van der Waals surface area contributed by atoms with Crippen molar-refractivity contribution in [2.45, 2.75) is 0 Å². The summed E-state index contributed by atoms with van der Waals surface area (Å²) in [5.74, 6) is 0.266. The first-order valence-corrected chi connectivity index (χ1v) is 8.01. The van der Waals surface area contributed by atoms with Crippen LogP contribution in [0.3, 0.4) is 0 Å². The molecule has 2 heterocycles. The van der Waals surface area contributed by atoms with Crippen LogP contribution < -0.4 is 10.1 Å². The molecule has 0 radical (unpaired) electrons. The first-order chi connectivity index (χ1) is 9.54. The number of rotatable bonds is 2. The molecule has 0 atom stereocenters. The topological polar surface area (TPSA) is 55.4 Å². The number of hydrogen-bond acceptors (Lipinski definition) is 4. The van der Waals surface area contributed by atoms with E-state index in [-0.39, 0.29) is 18.3 Å². The minimum absolute atomic E-state index is 0.00507. The van der Waals surface area contributed by atoms with E-state index in [2.05, 4.69) is 37.2 Å². The molecule has 0 unspecified atom stereocenters. The Morgan fingerprint density at radius 3 is 2.80 bits per heavy atom. The Morgan fingerprint density at radius 2 is 2.10 bits per heavy atom. The predicted molar refractivity (Wildman–Crippen MR) is 83.7 cm³/mol. The number of anilines is 1. The van der Waals surface area contributed by atoms with Gasteiger partial charge in [0.25, 0.3) is 5.91 Å². The summed E-state index contributed by atoms with van der Waals surface area (Å²) in [6.45, 7) is 0.00507. The van der Waals surface area contributed by atoms with Crippen LogP contribution in [-0.4, -0.2) is 18.3 Å². The van der Waals surface area contributed by atoms with Crippen LogP contribution in [0.15, 0.2) is 32.5 Å². The normalized spacial score (nSPS) is 13.4. The first kappa shape index (κ1) is 13.8. The van der Waals surface area contributed by atoms with E-state index in [4.69, 9.17) is 4.74 Å². The summed E-state index contributed by atoms with van der Waals surface area (Å²) in [6, 6.07) is 6.79. The monoisotopic (exact) mass is 415 g/mol. The Hall–Kier alpha value is -1.18. The molecule has 2 aromatic rings. The van der Waals surface area contributed by atoms with Crippen molar-refractivity contribution in [3.63, 3.8) is 0 Å². The van der Waals surface area contributed by atoms with Crippen LogP contribution in [0.4, 0.5) is 5.69 Å². The summed E-state index contributed by atoms with van der Waals surface area (Å²) < 4.78 is 6.98. The number of hydrogen-bond donors (Lipinski definition) is 1. The number of fused-ring (bicyclic) bond motifs is 1. The molecule has 4 nitrogen and oxygen atoms in total. The van der Waals surface area contributed by atoms with E-state index < -0.39 is 0 Å². The zero-order valence-corrected chi connectivity index (χ0v) is 13.9. The van der Waals surface area contributed by atoms with Gasteiger partial charge in [-0.1, -0.05) is 0 Å². The van der Waals surface area contributed by atoms with Crippen LogP contribution >= 0.6 is 43.2 Å². The van der Waals surface area contributed by atoms with Crippen molar-refractivity contribution >= 4 is 60.6 Å². The maximum Gasteiger partial charge on any atom is 0.262 e. The summed E-state index contributed by atoms with van der Waals surface area (Å²) in [7, 11) is 0. The van der Waals surface area contributed by atoms with Crippen LogP contribution in [0.5, 0.6) is 5.75 Å². The number of carbonyl (C=O) groups excluding carboxylic acids is 2. The van der Waals surface area contributed by atoms with Crippen LogP contribution in [0, 0.1) is 0 Å². The molecule has 20 heavy (non-hydrogen) atoms.